The maximum absolute atomic E-state index is 13.3. The Labute approximate surface area is 202 Å². The van der Waals surface area contributed by atoms with E-state index in [0.717, 1.165) is 5.56 Å². The third kappa shape index (κ3) is 7.69. The number of halogens is 3. The Kier molecular flexibility index (Phi) is 9.67. The average molecular weight is 500 g/mol. The highest BCUT2D eigenvalue weighted by Crippen LogP contribution is 2.24. The summed E-state index contributed by atoms with van der Waals surface area (Å²) in [6.45, 7) is 6.41. The second-order valence-corrected chi connectivity index (χ2v) is 9.21. The molecule has 1 aromatic carbocycles. The Morgan fingerprint density at radius 1 is 1.00 bits per heavy atom. The summed E-state index contributed by atoms with van der Waals surface area (Å²) in [5.41, 5.74) is 0.763. The number of alkyl carbamates (subject to hydrolysis) is 1. The van der Waals surface area contributed by atoms with E-state index >= 15 is 0 Å². The number of carbonyl (C=O) groups is 4. The van der Waals surface area contributed by atoms with Gasteiger partial charge < -0.3 is 20.3 Å². The van der Waals surface area contributed by atoms with Crippen molar-refractivity contribution in [3.8, 4) is 0 Å². The zero-order valence-electron chi connectivity index (χ0n) is 20.2. The second kappa shape index (κ2) is 12.0. The van der Waals surface area contributed by atoms with Gasteiger partial charge in [-0.2, -0.15) is 13.2 Å². The van der Waals surface area contributed by atoms with E-state index in [9.17, 15) is 32.3 Å². The summed E-state index contributed by atoms with van der Waals surface area (Å²) in [5, 5.41) is 4.72. The number of ketones is 1. The van der Waals surface area contributed by atoms with E-state index in [1.807, 2.05) is 6.07 Å². The van der Waals surface area contributed by atoms with Crippen LogP contribution in [0.25, 0.3) is 0 Å². The lowest BCUT2D eigenvalue weighted by atomic mass is 9.98. The summed E-state index contributed by atoms with van der Waals surface area (Å²) in [5.74, 6) is -4.58. The van der Waals surface area contributed by atoms with Crippen molar-refractivity contribution in [2.24, 2.45) is 11.8 Å². The van der Waals surface area contributed by atoms with Crippen molar-refractivity contribution >= 4 is 23.7 Å². The summed E-state index contributed by atoms with van der Waals surface area (Å²) in [7, 11) is 0. The van der Waals surface area contributed by atoms with Gasteiger partial charge in [-0.3, -0.25) is 14.4 Å². The lowest BCUT2D eigenvalue weighted by molar-refractivity contribution is -0.175. The molecule has 1 unspecified atom stereocenters. The first-order valence-electron chi connectivity index (χ1n) is 11.5. The van der Waals surface area contributed by atoms with Crippen LogP contribution in [0.4, 0.5) is 18.0 Å². The predicted molar refractivity (Wildman–Crippen MR) is 121 cm³/mol. The van der Waals surface area contributed by atoms with E-state index in [-0.39, 0.29) is 25.5 Å². The zero-order valence-corrected chi connectivity index (χ0v) is 20.2. The van der Waals surface area contributed by atoms with E-state index in [1.54, 1.807) is 38.1 Å². The number of hydrogen-bond donors (Lipinski definition) is 2. The van der Waals surface area contributed by atoms with Gasteiger partial charge in [-0.1, -0.05) is 58.0 Å². The highest BCUT2D eigenvalue weighted by atomic mass is 19.4. The SMILES string of the molecule is CC(C)[C@H](NC(=O)OCc1ccccc1)C(=O)N1CCCC1C(=O)N[C@H](C(=O)C(F)(F)F)C(C)C. The quantitative estimate of drug-likeness (QED) is 0.543. The number of amides is 3. The van der Waals surface area contributed by atoms with Crippen molar-refractivity contribution in [2.45, 2.75) is 71.4 Å². The number of alkyl halides is 3. The molecule has 2 N–H and O–H groups in total. The molecular weight excluding hydrogens is 467 g/mol. The number of likely N-dealkylation sites (tertiary alicyclic amines) is 1. The molecule has 1 fully saturated rings. The van der Waals surface area contributed by atoms with Crippen molar-refractivity contribution in [3.63, 3.8) is 0 Å². The first-order valence-corrected chi connectivity index (χ1v) is 11.5. The third-order valence-electron chi connectivity index (χ3n) is 5.78. The molecule has 1 aliphatic rings. The van der Waals surface area contributed by atoms with Crippen LogP contribution in [0.3, 0.4) is 0 Å². The minimum absolute atomic E-state index is 0.00422. The number of rotatable bonds is 9. The molecular formula is C24H32F3N3O5. The minimum atomic E-state index is -5.10. The van der Waals surface area contributed by atoms with Gasteiger partial charge in [0.1, 0.15) is 18.7 Å². The fraction of sp³-hybridized carbons (Fsp3) is 0.583. The minimum Gasteiger partial charge on any atom is -0.445 e. The molecule has 0 aromatic heterocycles. The Morgan fingerprint density at radius 3 is 2.14 bits per heavy atom. The number of nitrogens with zero attached hydrogens (tertiary/aromatic N) is 1. The van der Waals surface area contributed by atoms with Gasteiger partial charge in [0, 0.05) is 6.54 Å². The molecule has 8 nitrogen and oxygen atoms in total. The van der Waals surface area contributed by atoms with E-state index in [0.29, 0.717) is 6.42 Å². The molecule has 11 heteroatoms. The monoisotopic (exact) mass is 499 g/mol. The smallest absolute Gasteiger partial charge is 0.445 e. The zero-order chi connectivity index (χ0) is 26.3. The average Bonchev–Trinajstić information content (AvgIpc) is 3.28. The molecule has 1 aliphatic heterocycles. The maximum Gasteiger partial charge on any atom is 0.452 e. The topological polar surface area (TPSA) is 105 Å². The molecule has 3 atom stereocenters. The normalized spacial score (nSPS) is 17.7. The molecule has 0 spiro atoms. The summed E-state index contributed by atoms with van der Waals surface area (Å²) < 4.78 is 44.1. The summed E-state index contributed by atoms with van der Waals surface area (Å²) in [4.78, 5) is 51.4. The third-order valence-corrected chi connectivity index (χ3v) is 5.78. The number of benzene rings is 1. The highest BCUT2D eigenvalue weighted by molar-refractivity contribution is 5.96. The van der Waals surface area contributed by atoms with Gasteiger partial charge in [0.15, 0.2) is 0 Å². The molecule has 194 valence electrons. The predicted octanol–water partition coefficient (Wildman–Crippen LogP) is 3.20. The van der Waals surface area contributed by atoms with Crippen LogP contribution in [0, 0.1) is 11.8 Å². The lowest BCUT2D eigenvalue weighted by Gasteiger charge is -2.31. The van der Waals surface area contributed by atoms with Crippen molar-refractivity contribution in [3.05, 3.63) is 35.9 Å². The van der Waals surface area contributed by atoms with Crippen LogP contribution < -0.4 is 10.6 Å². The van der Waals surface area contributed by atoms with Gasteiger partial charge in [0.2, 0.25) is 11.8 Å². The fourth-order valence-corrected chi connectivity index (χ4v) is 3.85. The van der Waals surface area contributed by atoms with Crippen molar-refractivity contribution in [1.29, 1.82) is 0 Å². The standard InChI is InChI=1S/C24H32F3N3O5/c1-14(2)18(20(31)24(25,26)27)28-21(32)17-11-8-12-30(17)22(33)19(15(3)4)29-23(34)35-13-16-9-6-5-7-10-16/h5-7,9-10,14-15,17-19H,8,11-13H2,1-4H3,(H,28,32)(H,29,34)/t17?,18-,19-/m0/s1. The molecule has 0 bridgehead atoms. The maximum atomic E-state index is 13.3. The molecule has 1 saturated heterocycles. The molecule has 0 aliphatic carbocycles. The largest absolute Gasteiger partial charge is 0.452 e. The van der Waals surface area contributed by atoms with E-state index in [2.05, 4.69) is 10.6 Å². The van der Waals surface area contributed by atoms with E-state index in [4.69, 9.17) is 4.74 Å². The number of carbonyl (C=O) groups excluding carboxylic acids is 4. The number of hydrogen-bond acceptors (Lipinski definition) is 5. The van der Waals surface area contributed by atoms with Gasteiger partial charge in [-0.15, -0.1) is 0 Å². The summed E-state index contributed by atoms with van der Waals surface area (Å²) in [6, 6.07) is 5.15. The Hall–Kier alpha value is -3.11. The lowest BCUT2D eigenvalue weighted by Crippen LogP contribution is -2.58. The van der Waals surface area contributed by atoms with Gasteiger partial charge >= 0.3 is 12.3 Å². The summed E-state index contributed by atoms with van der Waals surface area (Å²) >= 11 is 0. The van der Waals surface area contributed by atoms with Gasteiger partial charge in [0.25, 0.3) is 5.78 Å². The number of ether oxygens (including phenoxy) is 1. The van der Waals surface area contributed by atoms with Gasteiger partial charge in [-0.25, -0.2) is 4.79 Å². The van der Waals surface area contributed by atoms with Gasteiger partial charge in [0.05, 0.1) is 6.04 Å². The molecule has 0 radical (unpaired) electrons. The fourth-order valence-electron chi connectivity index (χ4n) is 3.85. The van der Waals surface area contributed by atoms with Crippen LogP contribution in [-0.4, -0.2) is 59.4 Å². The van der Waals surface area contributed by atoms with Crippen LogP contribution >= 0.6 is 0 Å². The van der Waals surface area contributed by atoms with E-state index in [1.165, 1.54) is 18.7 Å². The van der Waals surface area contributed by atoms with Crippen molar-refractivity contribution in [2.75, 3.05) is 6.54 Å². The molecule has 1 aromatic rings. The van der Waals surface area contributed by atoms with Gasteiger partial charge in [-0.05, 0) is 30.2 Å². The number of Topliss-reactive ketones (excluding diaryl/α,β-unsaturated/α-hetero) is 1. The Bertz CT molecular complexity index is 905. The van der Waals surface area contributed by atoms with Crippen molar-refractivity contribution in [1.82, 2.24) is 15.5 Å². The molecule has 35 heavy (non-hydrogen) atoms. The molecule has 0 saturated carbocycles. The molecule has 3 amide bonds. The first-order chi connectivity index (χ1) is 16.3. The van der Waals surface area contributed by atoms with Crippen LogP contribution in [0.2, 0.25) is 0 Å². The van der Waals surface area contributed by atoms with Crippen LogP contribution in [0.1, 0.15) is 46.1 Å². The molecule has 1 heterocycles. The molecule has 2 rings (SSSR count). The Morgan fingerprint density at radius 2 is 1.60 bits per heavy atom. The van der Waals surface area contributed by atoms with Crippen LogP contribution in [0.5, 0.6) is 0 Å². The van der Waals surface area contributed by atoms with Crippen molar-refractivity contribution < 1.29 is 37.1 Å². The Balaban J connectivity index is 2.07. The van der Waals surface area contributed by atoms with Crippen LogP contribution in [0.15, 0.2) is 30.3 Å². The second-order valence-electron chi connectivity index (χ2n) is 9.21. The first kappa shape index (κ1) is 28.1. The van der Waals surface area contributed by atoms with E-state index < -0.39 is 53.9 Å². The summed E-state index contributed by atoms with van der Waals surface area (Å²) in [6.07, 6.45) is -5.23. The number of nitrogens with one attached hydrogen (secondary N) is 2. The highest BCUT2D eigenvalue weighted by Gasteiger charge is 2.46. The van der Waals surface area contributed by atoms with Crippen LogP contribution in [-0.2, 0) is 25.7 Å².